The van der Waals surface area contributed by atoms with Crippen molar-refractivity contribution < 1.29 is 19.0 Å². The quantitative estimate of drug-likeness (QED) is 0.285. The van der Waals surface area contributed by atoms with Crippen molar-refractivity contribution in [1.29, 1.82) is 0 Å². The van der Waals surface area contributed by atoms with Crippen LogP contribution in [0.2, 0.25) is 5.02 Å². The predicted molar refractivity (Wildman–Crippen MR) is 178 cm³/mol. The summed E-state index contributed by atoms with van der Waals surface area (Å²) in [7, 11) is 1.94. The molecule has 4 aromatic rings. The standard InChI is InChI=1S/C35H40ClFN6O3/c1-35(2,3)15-28(45)43-21-11-12-22(43)18-42(17-21)33-24-16-38-31(23-9-5-7-20-8-6-10-25(36)29(20)23)30(37)32(24)39-34(40-33)46-19-26-27(44)13-14-41(26)4/h5-10,16,21-22,26-27,44H,11-15,17-19H2,1-4H3/t21?,22?,26-,27-/m1/s1. The van der Waals surface area contributed by atoms with E-state index >= 15 is 4.39 Å². The van der Waals surface area contributed by atoms with Crippen LogP contribution >= 0.6 is 11.6 Å². The van der Waals surface area contributed by atoms with E-state index in [1.165, 1.54) is 0 Å². The van der Waals surface area contributed by atoms with Gasteiger partial charge in [0.1, 0.15) is 23.6 Å². The number of piperazine rings is 1. The third kappa shape index (κ3) is 5.65. The Hall–Kier alpha value is -3.60. The van der Waals surface area contributed by atoms with Gasteiger partial charge in [0.25, 0.3) is 0 Å². The number of aromatic nitrogens is 3. The minimum Gasteiger partial charge on any atom is -0.462 e. The van der Waals surface area contributed by atoms with E-state index < -0.39 is 11.9 Å². The summed E-state index contributed by atoms with van der Waals surface area (Å²) in [5.41, 5.74) is 0.724. The highest BCUT2D eigenvalue weighted by Crippen LogP contribution is 2.40. The zero-order valence-corrected chi connectivity index (χ0v) is 27.5. The first-order chi connectivity index (χ1) is 22.0. The molecule has 9 nitrogen and oxygen atoms in total. The van der Waals surface area contributed by atoms with Crippen LogP contribution in [0.5, 0.6) is 6.01 Å². The molecule has 3 aliphatic rings. The number of carbonyl (C=O) groups is 1. The highest BCUT2D eigenvalue weighted by Gasteiger charge is 2.44. The zero-order chi connectivity index (χ0) is 32.3. The first-order valence-electron chi connectivity index (χ1n) is 16.1. The lowest BCUT2D eigenvalue weighted by molar-refractivity contribution is -0.136. The fraction of sp³-hybridized carbons (Fsp3) is 0.486. The number of aliphatic hydroxyl groups excluding tert-OH is 1. The van der Waals surface area contributed by atoms with E-state index in [4.69, 9.17) is 21.3 Å². The molecule has 46 heavy (non-hydrogen) atoms. The Labute approximate surface area is 273 Å². The zero-order valence-electron chi connectivity index (χ0n) is 26.7. The lowest BCUT2D eigenvalue weighted by Gasteiger charge is -2.42. The van der Waals surface area contributed by atoms with Crippen LogP contribution in [0.1, 0.15) is 46.5 Å². The van der Waals surface area contributed by atoms with Crippen molar-refractivity contribution in [3.05, 3.63) is 53.4 Å². The summed E-state index contributed by atoms with van der Waals surface area (Å²) in [6, 6.07) is 11.1. The molecule has 3 fully saturated rings. The Morgan fingerprint density at radius 2 is 1.80 bits per heavy atom. The van der Waals surface area contributed by atoms with Crippen LogP contribution in [-0.4, -0.2) is 93.3 Å². The summed E-state index contributed by atoms with van der Waals surface area (Å²) in [4.78, 5) is 33.7. The Bertz CT molecular complexity index is 1790. The van der Waals surface area contributed by atoms with Crippen molar-refractivity contribution in [2.45, 2.75) is 70.7 Å². The minimum absolute atomic E-state index is 0.0418. The normalized spacial score (nSPS) is 23.5. The molecule has 2 aromatic carbocycles. The van der Waals surface area contributed by atoms with Gasteiger partial charge in [-0.25, -0.2) is 4.39 Å². The van der Waals surface area contributed by atoms with Gasteiger partial charge in [-0.1, -0.05) is 62.7 Å². The van der Waals surface area contributed by atoms with Crippen LogP contribution in [0.4, 0.5) is 10.2 Å². The molecule has 3 aliphatic heterocycles. The van der Waals surface area contributed by atoms with Gasteiger partial charge in [0.15, 0.2) is 5.82 Å². The van der Waals surface area contributed by atoms with Gasteiger partial charge in [-0.15, -0.1) is 0 Å². The van der Waals surface area contributed by atoms with E-state index in [-0.39, 0.29) is 53.3 Å². The maximum absolute atomic E-state index is 16.7. The van der Waals surface area contributed by atoms with E-state index in [0.717, 1.165) is 24.8 Å². The molecule has 5 heterocycles. The third-order valence-corrected chi connectivity index (χ3v) is 9.99. The summed E-state index contributed by atoms with van der Waals surface area (Å²) >= 11 is 6.61. The largest absolute Gasteiger partial charge is 0.462 e. The summed E-state index contributed by atoms with van der Waals surface area (Å²) in [5.74, 6) is 0.133. The highest BCUT2D eigenvalue weighted by atomic mass is 35.5. The number of hydrogen-bond acceptors (Lipinski definition) is 8. The van der Waals surface area contributed by atoms with Crippen molar-refractivity contribution in [3.63, 3.8) is 0 Å². The number of likely N-dealkylation sites (tertiary alicyclic amines) is 1. The summed E-state index contributed by atoms with van der Waals surface area (Å²) < 4.78 is 22.8. The molecule has 3 saturated heterocycles. The maximum Gasteiger partial charge on any atom is 0.319 e. The van der Waals surface area contributed by atoms with Crippen LogP contribution in [0, 0.1) is 11.2 Å². The van der Waals surface area contributed by atoms with E-state index in [1.807, 2.05) is 42.3 Å². The lowest BCUT2D eigenvalue weighted by atomic mass is 9.91. The van der Waals surface area contributed by atoms with Gasteiger partial charge >= 0.3 is 6.01 Å². The fourth-order valence-electron chi connectivity index (χ4n) is 7.42. The molecular formula is C35H40ClFN6O3. The molecule has 0 aliphatic carbocycles. The van der Waals surface area contributed by atoms with E-state index in [0.29, 0.717) is 53.1 Å². The summed E-state index contributed by atoms with van der Waals surface area (Å²) in [5, 5.41) is 13.1. The molecule has 2 bridgehead atoms. The molecule has 2 unspecified atom stereocenters. The topological polar surface area (TPSA) is 94.9 Å². The lowest BCUT2D eigenvalue weighted by Crippen LogP contribution is -2.56. The molecular weight excluding hydrogens is 607 g/mol. The number of benzene rings is 2. The van der Waals surface area contributed by atoms with Crippen LogP contribution in [0.25, 0.3) is 32.9 Å². The van der Waals surface area contributed by atoms with Crippen LogP contribution in [0.15, 0.2) is 42.6 Å². The molecule has 2 aromatic heterocycles. The number of rotatable bonds is 6. The number of nitrogens with zero attached hydrogens (tertiary/aromatic N) is 6. The predicted octanol–water partition coefficient (Wildman–Crippen LogP) is 5.70. The molecule has 0 radical (unpaired) electrons. The Morgan fingerprint density at radius 1 is 1.09 bits per heavy atom. The van der Waals surface area contributed by atoms with Crippen molar-refractivity contribution in [1.82, 2.24) is 24.8 Å². The number of halogens is 2. The van der Waals surface area contributed by atoms with E-state index in [2.05, 4.69) is 40.5 Å². The number of aliphatic hydroxyl groups is 1. The second-order valence-electron chi connectivity index (χ2n) is 14.2. The van der Waals surface area contributed by atoms with Crippen LogP contribution in [-0.2, 0) is 4.79 Å². The molecule has 0 spiro atoms. The smallest absolute Gasteiger partial charge is 0.319 e. The minimum atomic E-state index is -0.585. The monoisotopic (exact) mass is 646 g/mol. The van der Waals surface area contributed by atoms with E-state index in [9.17, 15) is 9.90 Å². The number of carbonyl (C=O) groups excluding carboxylic acids is 1. The number of ether oxygens (including phenoxy) is 1. The Balaban J connectivity index is 1.30. The molecule has 242 valence electrons. The van der Waals surface area contributed by atoms with Crippen molar-refractivity contribution >= 4 is 45.0 Å². The van der Waals surface area contributed by atoms with Crippen molar-refractivity contribution in [3.8, 4) is 17.3 Å². The van der Waals surface area contributed by atoms with Gasteiger partial charge in [0.05, 0.1) is 17.5 Å². The average molecular weight is 647 g/mol. The first kappa shape index (κ1) is 31.0. The summed E-state index contributed by atoms with van der Waals surface area (Å²) in [6.07, 6.45) is 4.08. The molecule has 7 rings (SSSR count). The fourth-order valence-corrected chi connectivity index (χ4v) is 7.71. The highest BCUT2D eigenvalue weighted by molar-refractivity contribution is 6.36. The van der Waals surface area contributed by atoms with Gasteiger partial charge in [0, 0.05) is 60.3 Å². The van der Waals surface area contributed by atoms with Gasteiger partial charge in [0.2, 0.25) is 5.91 Å². The number of fused-ring (bicyclic) bond motifs is 4. The van der Waals surface area contributed by atoms with E-state index in [1.54, 1.807) is 12.3 Å². The second kappa shape index (κ2) is 11.9. The molecule has 1 amide bonds. The van der Waals surface area contributed by atoms with Crippen LogP contribution in [0.3, 0.4) is 0 Å². The van der Waals surface area contributed by atoms with Gasteiger partial charge < -0.3 is 19.6 Å². The number of amides is 1. The molecule has 0 saturated carbocycles. The average Bonchev–Trinajstić information content (AvgIpc) is 3.48. The SMILES string of the molecule is CN1CC[C@@H](O)[C@H]1COc1nc(N2CC3CCC(C2)N3C(=O)CC(C)(C)C)c2cnc(-c3cccc4cccc(Cl)c34)c(F)c2n1. The molecule has 11 heteroatoms. The number of anilines is 1. The third-order valence-electron chi connectivity index (χ3n) is 9.67. The first-order valence-corrected chi connectivity index (χ1v) is 16.5. The van der Waals surface area contributed by atoms with Crippen molar-refractivity contribution in [2.75, 3.05) is 38.2 Å². The summed E-state index contributed by atoms with van der Waals surface area (Å²) in [6.45, 7) is 8.33. The molecule has 4 atom stereocenters. The number of likely N-dealkylation sites (N-methyl/N-ethyl adjacent to an activating group) is 1. The van der Waals surface area contributed by atoms with Gasteiger partial charge in [-0.2, -0.15) is 9.97 Å². The second-order valence-corrected chi connectivity index (χ2v) is 14.6. The number of pyridine rings is 1. The maximum atomic E-state index is 16.7. The number of hydrogen-bond donors (Lipinski definition) is 1. The Morgan fingerprint density at radius 3 is 2.48 bits per heavy atom. The van der Waals surface area contributed by atoms with Crippen molar-refractivity contribution in [2.24, 2.45) is 5.41 Å². The van der Waals surface area contributed by atoms with Gasteiger partial charge in [-0.05, 0) is 43.2 Å². The van der Waals surface area contributed by atoms with Gasteiger partial charge in [-0.3, -0.25) is 14.7 Å². The molecule has 1 N–H and O–H groups in total. The van der Waals surface area contributed by atoms with Crippen LogP contribution < -0.4 is 9.64 Å². The Kier molecular flexibility index (Phi) is 8.02.